The van der Waals surface area contributed by atoms with Gasteiger partial charge in [0.2, 0.25) is 11.8 Å². The van der Waals surface area contributed by atoms with Gasteiger partial charge in [-0.15, -0.1) is 0 Å². The number of amides is 2. The number of halogens is 1. The lowest BCUT2D eigenvalue weighted by Gasteiger charge is -2.23. The van der Waals surface area contributed by atoms with Gasteiger partial charge in [-0.3, -0.25) is 9.59 Å². The number of rotatable bonds is 2. The fraction of sp³-hybridized carbons (Fsp3) is 0.467. The van der Waals surface area contributed by atoms with Gasteiger partial charge >= 0.3 is 0 Å². The maximum absolute atomic E-state index is 12.4. The largest absolute Gasteiger partial charge is 0.274 e. The van der Waals surface area contributed by atoms with Gasteiger partial charge in [0, 0.05) is 4.47 Å². The Kier molecular flexibility index (Phi) is 2.65. The predicted molar refractivity (Wildman–Crippen MR) is 76.8 cm³/mol. The Labute approximate surface area is 121 Å². The molecule has 0 bridgehead atoms. The molecule has 2 aliphatic rings. The lowest BCUT2D eigenvalue weighted by molar-refractivity contribution is -0.125. The molecule has 3 rings (SSSR count). The quantitative estimate of drug-likeness (QED) is 0.785. The molecule has 1 saturated carbocycles. The van der Waals surface area contributed by atoms with E-state index in [0.717, 1.165) is 22.1 Å². The number of carbonyl (C=O) groups is 2. The van der Waals surface area contributed by atoms with Crippen molar-refractivity contribution in [1.82, 2.24) is 0 Å². The summed E-state index contributed by atoms with van der Waals surface area (Å²) in [6.45, 7) is 6.02. The summed E-state index contributed by atoms with van der Waals surface area (Å²) in [7, 11) is 0. The third kappa shape index (κ3) is 1.62. The van der Waals surface area contributed by atoms with Crippen molar-refractivity contribution in [2.75, 3.05) is 4.90 Å². The van der Waals surface area contributed by atoms with Crippen LogP contribution in [-0.4, -0.2) is 11.8 Å². The molecule has 1 aromatic rings. The van der Waals surface area contributed by atoms with E-state index in [0.29, 0.717) is 0 Å². The maximum Gasteiger partial charge on any atom is 0.238 e. The minimum Gasteiger partial charge on any atom is -0.274 e. The van der Waals surface area contributed by atoms with Crippen molar-refractivity contribution < 1.29 is 9.59 Å². The molecule has 0 radical (unpaired) electrons. The molecule has 1 aromatic carbocycles. The van der Waals surface area contributed by atoms with Gasteiger partial charge in [-0.2, -0.15) is 0 Å². The van der Waals surface area contributed by atoms with E-state index in [4.69, 9.17) is 0 Å². The van der Waals surface area contributed by atoms with Crippen molar-refractivity contribution in [3.8, 4) is 0 Å². The zero-order valence-corrected chi connectivity index (χ0v) is 12.8. The molecular weight excluding hydrogens is 306 g/mol. The summed E-state index contributed by atoms with van der Waals surface area (Å²) < 4.78 is 0.970. The molecule has 100 valence electrons. The molecule has 19 heavy (non-hydrogen) atoms. The van der Waals surface area contributed by atoms with Crippen LogP contribution in [0.4, 0.5) is 5.69 Å². The number of aryl methyl sites for hydroxylation is 1. The molecule has 4 heteroatoms. The SMILES string of the molecule is CCc1cc(Br)ccc1N1C(=O)C2C(C1=O)C2(C)C. The third-order valence-electron chi connectivity index (χ3n) is 4.46. The molecule has 0 N–H and O–H groups in total. The molecule has 0 aromatic heterocycles. The molecule has 1 aliphatic heterocycles. The summed E-state index contributed by atoms with van der Waals surface area (Å²) in [6, 6.07) is 5.71. The molecule has 2 fully saturated rings. The first-order valence-electron chi connectivity index (χ1n) is 6.55. The number of imide groups is 1. The Bertz CT molecular complexity index is 570. The third-order valence-corrected chi connectivity index (χ3v) is 4.96. The van der Waals surface area contributed by atoms with Gasteiger partial charge < -0.3 is 0 Å². The number of anilines is 1. The highest BCUT2D eigenvalue weighted by molar-refractivity contribution is 9.10. The first-order chi connectivity index (χ1) is 8.89. The second kappa shape index (κ2) is 3.92. The number of hydrogen-bond donors (Lipinski definition) is 0. The average Bonchev–Trinajstić information content (AvgIpc) is 2.81. The van der Waals surface area contributed by atoms with E-state index in [1.807, 2.05) is 39.0 Å². The van der Waals surface area contributed by atoms with Crippen LogP contribution in [0.5, 0.6) is 0 Å². The second-order valence-corrected chi connectivity index (χ2v) is 6.83. The topological polar surface area (TPSA) is 37.4 Å². The summed E-state index contributed by atoms with van der Waals surface area (Å²) in [4.78, 5) is 26.2. The maximum atomic E-state index is 12.4. The van der Waals surface area contributed by atoms with Crippen LogP contribution in [0.3, 0.4) is 0 Å². The molecule has 1 saturated heterocycles. The number of piperidine rings is 1. The smallest absolute Gasteiger partial charge is 0.238 e. The fourth-order valence-corrected chi connectivity index (χ4v) is 3.65. The van der Waals surface area contributed by atoms with Crippen molar-refractivity contribution in [3.05, 3.63) is 28.2 Å². The van der Waals surface area contributed by atoms with Gasteiger partial charge in [-0.05, 0) is 35.6 Å². The van der Waals surface area contributed by atoms with Crippen molar-refractivity contribution in [3.63, 3.8) is 0 Å². The van der Waals surface area contributed by atoms with Gasteiger partial charge in [-0.1, -0.05) is 36.7 Å². The van der Waals surface area contributed by atoms with Crippen molar-refractivity contribution >= 4 is 33.4 Å². The monoisotopic (exact) mass is 321 g/mol. The van der Waals surface area contributed by atoms with Crippen molar-refractivity contribution in [1.29, 1.82) is 0 Å². The minimum atomic E-state index is -0.146. The van der Waals surface area contributed by atoms with E-state index in [1.54, 1.807) is 0 Å². The van der Waals surface area contributed by atoms with Crippen molar-refractivity contribution in [2.45, 2.75) is 27.2 Å². The van der Waals surface area contributed by atoms with Crippen LogP contribution in [0.1, 0.15) is 26.3 Å². The number of nitrogens with zero attached hydrogens (tertiary/aromatic N) is 1. The Morgan fingerprint density at radius 2 is 1.79 bits per heavy atom. The molecule has 1 aliphatic carbocycles. The van der Waals surface area contributed by atoms with E-state index in [1.165, 1.54) is 4.90 Å². The van der Waals surface area contributed by atoms with E-state index in [2.05, 4.69) is 15.9 Å². The summed E-state index contributed by atoms with van der Waals surface area (Å²) in [5.41, 5.74) is 1.63. The Balaban J connectivity index is 2.02. The molecule has 2 amide bonds. The Morgan fingerprint density at radius 1 is 1.21 bits per heavy atom. The summed E-state index contributed by atoms with van der Waals surface area (Å²) >= 11 is 3.43. The molecular formula is C15H16BrNO2. The Hall–Kier alpha value is -1.16. The first kappa shape index (κ1) is 12.9. The van der Waals surface area contributed by atoms with E-state index in [-0.39, 0.29) is 29.1 Å². The number of hydrogen-bond acceptors (Lipinski definition) is 2. The minimum absolute atomic E-state index is 0.0305. The lowest BCUT2D eigenvalue weighted by Crippen LogP contribution is -2.36. The van der Waals surface area contributed by atoms with Gasteiger partial charge in [0.25, 0.3) is 0 Å². The lowest BCUT2D eigenvalue weighted by atomic mass is 10.0. The molecule has 2 unspecified atom stereocenters. The highest BCUT2D eigenvalue weighted by atomic mass is 79.9. The first-order valence-corrected chi connectivity index (χ1v) is 7.35. The van der Waals surface area contributed by atoms with Gasteiger partial charge in [0.1, 0.15) is 0 Å². The van der Waals surface area contributed by atoms with Crippen LogP contribution in [0.15, 0.2) is 22.7 Å². The number of fused-ring (bicyclic) bond motifs is 1. The van der Waals surface area contributed by atoms with Crippen LogP contribution in [-0.2, 0) is 16.0 Å². The van der Waals surface area contributed by atoms with Crippen LogP contribution in [0.25, 0.3) is 0 Å². The van der Waals surface area contributed by atoms with E-state index in [9.17, 15) is 9.59 Å². The summed E-state index contributed by atoms with van der Waals surface area (Å²) in [6.07, 6.45) is 0.796. The zero-order chi connectivity index (χ0) is 13.9. The van der Waals surface area contributed by atoms with Crippen LogP contribution in [0.2, 0.25) is 0 Å². The molecule has 1 heterocycles. The summed E-state index contributed by atoms with van der Waals surface area (Å²) in [5.74, 6) is -0.296. The van der Waals surface area contributed by atoms with Gasteiger partial charge in [0.15, 0.2) is 0 Å². The van der Waals surface area contributed by atoms with Crippen molar-refractivity contribution in [2.24, 2.45) is 17.3 Å². The number of carbonyl (C=O) groups excluding carboxylic acids is 2. The van der Waals surface area contributed by atoms with E-state index >= 15 is 0 Å². The summed E-state index contributed by atoms with van der Waals surface area (Å²) in [5, 5.41) is 0. The highest BCUT2D eigenvalue weighted by Crippen LogP contribution is 2.63. The normalized spacial score (nSPS) is 27.7. The van der Waals surface area contributed by atoms with Crippen LogP contribution >= 0.6 is 15.9 Å². The molecule has 2 atom stereocenters. The highest BCUT2D eigenvalue weighted by Gasteiger charge is 2.72. The number of benzene rings is 1. The average molecular weight is 322 g/mol. The fourth-order valence-electron chi connectivity index (χ4n) is 3.24. The van der Waals surface area contributed by atoms with E-state index < -0.39 is 0 Å². The standard InChI is InChI=1S/C15H16BrNO2/c1-4-8-7-9(16)5-6-10(8)17-13(18)11-12(14(17)19)15(11,2)3/h5-7,11-12H,4H2,1-3H3. The predicted octanol–water partition coefficient (Wildman–Crippen LogP) is 3.16. The Morgan fingerprint density at radius 3 is 2.32 bits per heavy atom. The molecule has 0 spiro atoms. The second-order valence-electron chi connectivity index (χ2n) is 5.92. The molecule has 3 nitrogen and oxygen atoms in total. The zero-order valence-electron chi connectivity index (χ0n) is 11.2. The van der Waals surface area contributed by atoms with Crippen LogP contribution < -0.4 is 4.90 Å². The van der Waals surface area contributed by atoms with Crippen LogP contribution in [0, 0.1) is 17.3 Å². The van der Waals surface area contributed by atoms with Gasteiger partial charge in [0.05, 0.1) is 17.5 Å². The van der Waals surface area contributed by atoms with Gasteiger partial charge in [-0.25, -0.2) is 4.90 Å².